The van der Waals surface area contributed by atoms with E-state index in [2.05, 4.69) is 62.6 Å². The van der Waals surface area contributed by atoms with E-state index >= 15 is 0 Å². The predicted octanol–water partition coefficient (Wildman–Crippen LogP) is 3.36. The number of rotatable bonds is 2. The van der Waals surface area contributed by atoms with Crippen molar-refractivity contribution >= 4 is 26.8 Å². The zero-order valence-electron chi connectivity index (χ0n) is 11.5. The Kier molecular flexibility index (Phi) is 3.28. The van der Waals surface area contributed by atoms with Crippen molar-refractivity contribution in [3.8, 4) is 0 Å². The number of benzene rings is 1. The highest BCUT2D eigenvalue weighted by atomic mass is 79.9. The van der Waals surface area contributed by atoms with Crippen LogP contribution in [-0.2, 0) is 0 Å². The molecule has 2 aliphatic rings. The summed E-state index contributed by atoms with van der Waals surface area (Å²) in [6.45, 7) is 2.08. The molecule has 106 valence electrons. The van der Waals surface area contributed by atoms with E-state index < -0.39 is 0 Å². The molecule has 0 bridgehead atoms. The third kappa shape index (κ3) is 2.39. The minimum absolute atomic E-state index is 0.270. The number of hydrogen-bond donors (Lipinski definition) is 1. The normalized spacial score (nSPS) is 22.7. The molecular weight excluding hydrogens is 326 g/mol. The standard InChI is InChI=1S/C17H16BrN3/c18-14-5-3-9-19-17(14)21-10-13(11-21)16-8-7-12-4-1-2-6-15(12)20-16/h1-9,13,17,19H,10-11H2. The minimum Gasteiger partial charge on any atom is -0.371 e. The first kappa shape index (κ1) is 13.0. The number of dihydropyridines is 1. The van der Waals surface area contributed by atoms with Gasteiger partial charge in [0.15, 0.2) is 0 Å². The summed E-state index contributed by atoms with van der Waals surface area (Å²) in [4.78, 5) is 7.23. The first-order valence-corrected chi connectivity index (χ1v) is 7.98. The lowest BCUT2D eigenvalue weighted by atomic mass is 9.94. The molecule has 1 aromatic heterocycles. The molecule has 4 heteroatoms. The second-order valence-electron chi connectivity index (χ2n) is 5.56. The average molecular weight is 342 g/mol. The molecule has 0 aliphatic carbocycles. The quantitative estimate of drug-likeness (QED) is 0.907. The summed E-state index contributed by atoms with van der Waals surface area (Å²) in [5, 5.41) is 4.59. The lowest BCUT2D eigenvalue weighted by Gasteiger charge is -2.44. The molecule has 0 amide bonds. The summed E-state index contributed by atoms with van der Waals surface area (Å²) in [6, 6.07) is 12.6. The van der Waals surface area contributed by atoms with Gasteiger partial charge in [0.1, 0.15) is 6.17 Å². The number of hydrogen-bond acceptors (Lipinski definition) is 3. The topological polar surface area (TPSA) is 28.2 Å². The van der Waals surface area contributed by atoms with Crippen LogP contribution in [0, 0.1) is 0 Å². The highest BCUT2D eigenvalue weighted by Crippen LogP contribution is 2.31. The molecule has 0 spiro atoms. The molecule has 1 fully saturated rings. The van der Waals surface area contributed by atoms with Crippen molar-refractivity contribution in [2.75, 3.05) is 13.1 Å². The molecule has 1 aromatic carbocycles. The molecular formula is C17H16BrN3. The van der Waals surface area contributed by atoms with E-state index in [-0.39, 0.29) is 6.17 Å². The van der Waals surface area contributed by atoms with Gasteiger partial charge in [-0.2, -0.15) is 0 Å². The van der Waals surface area contributed by atoms with Gasteiger partial charge >= 0.3 is 0 Å². The molecule has 1 unspecified atom stereocenters. The Balaban J connectivity index is 1.49. The smallest absolute Gasteiger partial charge is 0.112 e. The van der Waals surface area contributed by atoms with Gasteiger partial charge in [-0.1, -0.05) is 40.2 Å². The zero-order valence-corrected chi connectivity index (χ0v) is 13.1. The third-order valence-electron chi connectivity index (χ3n) is 4.18. The number of aromatic nitrogens is 1. The fraction of sp³-hybridized carbons (Fsp3) is 0.235. The fourth-order valence-corrected chi connectivity index (χ4v) is 3.53. The maximum absolute atomic E-state index is 4.81. The summed E-state index contributed by atoms with van der Waals surface area (Å²) < 4.78 is 1.19. The van der Waals surface area contributed by atoms with Gasteiger partial charge in [0.25, 0.3) is 0 Å². The van der Waals surface area contributed by atoms with Crippen LogP contribution in [0.1, 0.15) is 11.6 Å². The Morgan fingerprint density at radius 3 is 2.86 bits per heavy atom. The Labute approximate surface area is 132 Å². The number of halogens is 1. The van der Waals surface area contributed by atoms with E-state index in [9.17, 15) is 0 Å². The van der Waals surface area contributed by atoms with Crippen LogP contribution in [0.4, 0.5) is 0 Å². The van der Waals surface area contributed by atoms with Gasteiger partial charge < -0.3 is 5.32 Å². The average Bonchev–Trinajstić information content (AvgIpc) is 2.47. The Morgan fingerprint density at radius 1 is 1.14 bits per heavy atom. The zero-order chi connectivity index (χ0) is 14.2. The van der Waals surface area contributed by atoms with Crippen molar-refractivity contribution in [3.05, 3.63) is 64.9 Å². The Morgan fingerprint density at radius 2 is 2.00 bits per heavy atom. The highest BCUT2D eigenvalue weighted by Gasteiger charge is 2.35. The molecule has 0 saturated carbocycles. The van der Waals surface area contributed by atoms with Crippen LogP contribution in [0.5, 0.6) is 0 Å². The van der Waals surface area contributed by atoms with Crippen LogP contribution in [0.25, 0.3) is 10.9 Å². The molecule has 1 atom stereocenters. The maximum atomic E-state index is 4.81. The predicted molar refractivity (Wildman–Crippen MR) is 89.1 cm³/mol. The van der Waals surface area contributed by atoms with E-state index in [1.807, 2.05) is 18.3 Å². The van der Waals surface area contributed by atoms with Gasteiger partial charge in [-0.25, -0.2) is 0 Å². The van der Waals surface area contributed by atoms with Gasteiger partial charge in [-0.15, -0.1) is 0 Å². The second-order valence-corrected chi connectivity index (χ2v) is 6.48. The fourth-order valence-electron chi connectivity index (χ4n) is 2.96. The summed E-state index contributed by atoms with van der Waals surface area (Å²) >= 11 is 3.63. The van der Waals surface area contributed by atoms with E-state index in [0.717, 1.165) is 18.6 Å². The number of nitrogens with zero attached hydrogens (tertiary/aromatic N) is 2. The van der Waals surface area contributed by atoms with Crippen LogP contribution in [-0.4, -0.2) is 29.1 Å². The molecule has 1 saturated heterocycles. The van der Waals surface area contributed by atoms with Crippen molar-refractivity contribution in [3.63, 3.8) is 0 Å². The summed E-state index contributed by atoms with van der Waals surface area (Å²) in [5.41, 5.74) is 2.30. The van der Waals surface area contributed by atoms with Crippen molar-refractivity contribution in [2.45, 2.75) is 12.1 Å². The van der Waals surface area contributed by atoms with Crippen LogP contribution < -0.4 is 5.32 Å². The van der Waals surface area contributed by atoms with E-state index in [4.69, 9.17) is 4.98 Å². The van der Waals surface area contributed by atoms with E-state index in [1.54, 1.807) is 0 Å². The van der Waals surface area contributed by atoms with E-state index in [1.165, 1.54) is 15.6 Å². The van der Waals surface area contributed by atoms with Crippen LogP contribution in [0.3, 0.4) is 0 Å². The van der Waals surface area contributed by atoms with Crippen molar-refractivity contribution < 1.29 is 0 Å². The molecule has 1 N–H and O–H groups in total. The van der Waals surface area contributed by atoms with Gasteiger partial charge in [0, 0.05) is 34.6 Å². The lowest BCUT2D eigenvalue weighted by Crippen LogP contribution is -2.55. The molecule has 3 heterocycles. The molecule has 2 aliphatic heterocycles. The summed E-state index contributed by atoms with van der Waals surface area (Å²) in [6.07, 6.45) is 6.38. The number of para-hydroxylation sites is 1. The van der Waals surface area contributed by atoms with Crippen molar-refractivity contribution in [2.24, 2.45) is 0 Å². The second kappa shape index (κ2) is 5.28. The van der Waals surface area contributed by atoms with Crippen molar-refractivity contribution in [1.29, 1.82) is 0 Å². The Bertz CT molecular complexity index is 732. The van der Waals surface area contributed by atoms with Gasteiger partial charge in [-0.05, 0) is 30.5 Å². The highest BCUT2D eigenvalue weighted by molar-refractivity contribution is 9.11. The van der Waals surface area contributed by atoms with Crippen LogP contribution in [0.2, 0.25) is 0 Å². The largest absolute Gasteiger partial charge is 0.371 e. The first-order valence-electron chi connectivity index (χ1n) is 7.19. The molecule has 2 aromatic rings. The van der Waals surface area contributed by atoms with Gasteiger partial charge in [0.2, 0.25) is 0 Å². The number of nitrogens with one attached hydrogen (secondary N) is 1. The summed E-state index contributed by atoms with van der Waals surface area (Å²) in [7, 11) is 0. The number of allylic oxidation sites excluding steroid dienone is 2. The Hall–Kier alpha value is -1.65. The number of likely N-dealkylation sites (tertiary alicyclic amines) is 1. The van der Waals surface area contributed by atoms with Crippen LogP contribution >= 0.6 is 15.9 Å². The molecule has 21 heavy (non-hydrogen) atoms. The van der Waals surface area contributed by atoms with E-state index in [0.29, 0.717) is 5.92 Å². The molecule has 3 nitrogen and oxygen atoms in total. The number of pyridine rings is 1. The molecule has 4 rings (SSSR count). The maximum Gasteiger partial charge on any atom is 0.112 e. The third-order valence-corrected chi connectivity index (χ3v) is 4.88. The number of fused-ring (bicyclic) bond motifs is 1. The molecule has 0 radical (unpaired) electrons. The van der Waals surface area contributed by atoms with Gasteiger partial charge in [-0.3, -0.25) is 9.88 Å². The van der Waals surface area contributed by atoms with Gasteiger partial charge in [0.05, 0.1) is 5.52 Å². The minimum atomic E-state index is 0.270. The van der Waals surface area contributed by atoms with Crippen molar-refractivity contribution in [1.82, 2.24) is 15.2 Å². The lowest BCUT2D eigenvalue weighted by molar-refractivity contribution is 0.100. The monoisotopic (exact) mass is 341 g/mol. The SMILES string of the molecule is BrC1=CC=CNC1N1CC(c2ccc3ccccc3n2)C1. The first-order chi connectivity index (χ1) is 10.3. The van der Waals surface area contributed by atoms with Crippen LogP contribution in [0.15, 0.2) is 59.2 Å². The summed E-state index contributed by atoms with van der Waals surface area (Å²) in [5.74, 6) is 0.530.